The van der Waals surface area contributed by atoms with Crippen LogP contribution in [0.1, 0.15) is 102 Å². The van der Waals surface area contributed by atoms with Gasteiger partial charge in [0.1, 0.15) is 0 Å². The molecule has 0 aromatic rings. The summed E-state index contributed by atoms with van der Waals surface area (Å²) in [6.07, 6.45) is 1.65. The summed E-state index contributed by atoms with van der Waals surface area (Å²) in [7, 11) is 0. The van der Waals surface area contributed by atoms with Crippen LogP contribution in [-0.2, 0) is 0 Å². The van der Waals surface area contributed by atoms with E-state index in [4.69, 9.17) is 2.74 Å². The summed E-state index contributed by atoms with van der Waals surface area (Å²) in [4.78, 5) is 0. The highest BCUT2D eigenvalue weighted by molar-refractivity contribution is 5.26. The molecule has 2 nitrogen and oxygen atoms in total. The average molecular weight is 459 g/mol. The van der Waals surface area contributed by atoms with Crippen LogP contribution in [0.25, 0.3) is 0 Å². The number of hydrogen-bond acceptors (Lipinski definition) is 2. The lowest BCUT2D eigenvalue weighted by molar-refractivity contribution is -0.256. The third-order valence-electron chi connectivity index (χ3n) is 10.5. The molecular weight excluding hydrogens is 413 g/mol. The largest absolute Gasteiger partial charge is 0.416 e. The van der Waals surface area contributed by atoms with Crippen LogP contribution in [0.4, 0.5) is 13.2 Å². The number of hydrogen-bond donors (Lipinski definition) is 2. The number of alkyl halides is 3. The van der Waals surface area contributed by atoms with Crippen molar-refractivity contribution in [3.8, 4) is 0 Å². The molecule has 0 aliphatic heterocycles. The highest BCUT2D eigenvalue weighted by Crippen LogP contribution is 2.67. The fraction of sp³-hybridized carbons (Fsp3) is 0.926. The van der Waals surface area contributed by atoms with Crippen molar-refractivity contribution >= 4 is 0 Å². The molecule has 0 spiro atoms. The van der Waals surface area contributed by atoms with Crippen molar-refractivity contribution in [1.82, 2.24) is 0 Å². The van der Waals surface area contributed by atoms with Crippen molar-refractivity contribution in [1.29, 1.82) is 0 Å². The Kier molecular flexibility index (Phi) is 5.30. The fourth-order valence-corrected chi connectivity index (χ4v) is 8.14. The van der Waals surface area contributed by atoms with E-state index < -0.39 is 23.8 Å². The summed E-state index contributed by atoms with van der Waals surface area (Å²) in [5.74, 6) is 0.619. The molecule has 3 fully saturated rings. The molecule has 0 unspecified atom stereocenters. The van der Waals surface area contributed by atoms with Crippen LogP contribution in [0.15, 0.2) is 11.6 Å². The first-order valence-corrected chi connectivity index (χ1v) is 12.6. The van der Waals surface area contributed by atoms with E-state index in [0.717, 1.165) is 51.0 Å². The van der Waals surface area contributed by atoms with Crippen LogP contribution in [0, 0.1) is 40.4 Å². The summed E-state index contributed by atoms with van der Waals surface area (Å²) in [5.41, 5.74) is -2.55. The molecule has 0 radical (unpaired) electrons. The van der Waals surface area contributed by atoms with Crippen LogP contribution in [0.2, 0.25) is 0 Å². The van der Waals surface area contributed by atoms with Gasteiger partial charge in [0.25, 0.3) is 0 Å². The van der Waals surface area contributed by atoms with Gasteiger partial charge < -0.3 is 10.2 Å². The molecule has 0 heterocycles. The predicted octanol–water partition coefficient (Wildman–Crippen LogP) is 7.05. The van der Waals surface area contributed by atoms with Crippen LogP contribution >= 0.6 is 0 Å². The zero-order valence-corrected chi connectivity index (χ0v) is 20.4. The molecule has 4 aliphatic carbocycles. The second kappa shape index (κ2) is 7.73. The summed E-state index contributed by atoms with van der Waals surface area (Å²) >= 11 is 0. The molecule has 2 N–H and O–H groups in total. The monoisotopic (exact) mass is 458 g/mol. The molecule has 0 aromatic carbocycles. The maximum atomic E-state index is 13.2. The van der Waals surface area contributed by atoms with Gasteiger partial charge in [-0.25, -0.2) is 0 Å². The maximum absolute atomic E-state index is 13.2. The fourth-order valence-electron chi connectivity index (χ4n) is 8.14. The Morgan fingerprint density at radius 3 is 2.47 bits per heavy atom. The van der Waals surface area contributed by atoms with Crippen molar-refractivity contribution in [2.24, 2.45) is 40.4 Å². The van der Waals surface area contributed by atoms with Gasteiger partial charge in [0.05, 0.1) is 5.60 Å². The van der Waals surface area contributed by atoms with Crippen molar-refractivity contribution < 1.29 is 26.1 Å². The lowest BCUT2D eigenvalue weighted by Crippen LogP contribution is -2.52. The third-order valence-corrected chi connectivity index (χ3v) is 10.5. The molecule has 5 heteroatoms. The molecule has 0 bridgehead atoms. The summed E-state index contributed by atoms with van der Waals surface area (Å²) in [6.45, 7) is 9.28. The molecule has 3 saturated carbocycles. The molecule has 32 heavy (non-hydrogen) atoms. The lowest BCUT2D eigenvalue weighted by Gasteiger charge is -2.59. The van der Waals surface area contributed by atoms with Gasteiger partial charge in [-0.15, -0.1) is 0 Å². The molecular formula is C27H43F3O2. The van der Waals surface area contributed by atoms with Gasteiger partial charge in [-0.3, -0.25) is 0 Å². The zero-order chi connectivity index (χ0) is 25.5. The Morgan fingerprint density at radius 2 is 1.81 bits per heavy atom. The first-order chi connectivity index (χ1) is 15.3. The molecule has 4 rings (SSSR count). The molecule has 0 saturated heterocycles. The van der Waals surface area contributed by atoms with Crippen LogP contribution in [-0.4, -0.2) is 27.6 Å². The minimum absolute atomic E-state index is 0.0429. The maximum Gasteiger partial charge on any atom is 0.416 e. The topological polar surface area (TPSA) is 40.5 Å². The van der Waals surface area contributed by atoms with Gasteiger partial charge in [0, 0.05) is 2.74 Å². The van der Waals surface area contributed by atoms with Gasteiger partial charge >= 0.3 is 6.18 Å². The van der Waals surface area contributed by atoms with Crippen molar-refractivity contribution in [3.63, 3.8) is 0 Å². The third kappa shape index (κ3) is 3.87. The van der Waals surface area contributed by atoms with Crippen molar-refractivity contribution in [2.45, 2.75) is 116 Å². The van der Waals surface area contributed by atoms with E-state index in [9.17, 15) is 23.4 Å². The minimum atomic E-state index is -4.63. The standard InChI is InChI=1S/C27H43F3O2/c1-17(10-13-26(5,32)27(28,29)30)20-8-9-21-19-7-6-18-16-23(2,31)14-15-24(18,3)22(19)11-12-25(20,21)4/h6,17,19-22,31-32H,7-16H2,1-5H3/t17-,19+,20-,21+,22+,23+,24+,25-,26+/m1/s1/i7D2. The molecule has 184 valence electrons. The van der Waals surface area contributed by atoms with E-state index >= 15 is 0 Å². The number of allylic oxidation sites excluding steroid dienone is 1. The molecule has 9 atom stereocenters. The minimum Gasteiger partial charge on any atom is -0.390 e. The van der Waals surface area contributed by atoms with E-state index in [0.29, 0.717) is 12.8 Å². The number of fused-ring (bicyclic) bond motifs is 5. The van der Waals surface area contributed by atoms with Crippen LogP contribution in [0.5, 0.6) is 0 Å². The van der Waals surface area contributed by atoms with E-state index in [1.807, 2.05) is 19.9 Å². The second-order valence-corrected chi connectivity index (χ2v) is 12.7. The van der Waals surface area contributed by atoms with Gasteiger partial charge in [-0.1, -0.05) is 32.4 Å². The van der Waals surface area contributed by atoms with E-state index in [-0.39, 0.29) is 46.8 Å². The van der Waals surface area contributed by atoms with Gasteiger partial charge in [-0.05, 0) is 118 Å². The Hall–Kier alpha value is -0.550. The SMILES string of the molecule is [2H]C1([2H])C=C2C[C@@](C)(O)CC[C@]2(C)[C@H]2CC[C@]3(C)[C@@H]([C@H](C)CC[C@](C)(O)C(F)(F)F)CC[C@H]3[C@@H]21. The lowest BCUT2D eigenvalue weighted by atomic mass is 9.46. The summed E-state index contributed by atoms with van der Waals surface area (Å²) in [5, 5.41) is 20.6. The Morgan fingerprint density at radius 1 is 1.12 bits per heavy atom. The number of rotatable bonds is 4. The van der Waals surface area contributed by atoms with Gasteiger partial charge in [0.15, 0.2) is 5.60 Å². The van der Waals surface area contributed by atoms with Crippen molar-refractivity contribution in [2.75, 3.05) is 0 Å². The highest BCUT2D eigenvalue weighted by atomic mass is 19.4. The van der Waals surface area contributed by atoms with E-state index in [1.54, 1.807) is 0 Å². The molecule has 0 amide bonds. The Balaban J connectivity index is 1.58. The number of halogens is 3. The molecule has 4 aliphatic rings. The quantitative estimate of drug-likeness (QED) is 0.443. The van der Waals surface area contributed by atoms with E-state index in [1.165, 1.54) is 0 Å². The predicted molar refractivity (Wildman–Crippen MR) is 121 cm³/mol. The first kappa shape index (κ1) is 21.9. The highest BCUT2D eigenvalue weighted by Gasteiger charge is 2.60. The normalized spacial score (nSPS) is 49.5. The number of aliphatic hydroxyl groups is 2. The molecule has 0 aromatic heterocycles. The van der Waals surface area contributed by atoms with Gasteiger partial charge in [0.2, 0.25) is 0 Å². The summed E-state index contributed by atoms with van der Waals surface area (Å²) in [6, 6.07) is 0. The van der Waals surface area contributed by atoms with Crippen molar-refractivity contribution in [3.05, 3.63) is 11.6 Å². The summed E-state index contributed by atoms with van der Waals surface area (Å²) < 4.78 is 57.7. The van der Waals surface area contributed by atoms with Crippen LogP contribution < -0.4 is 0 Å². The Bertz CT molecular complexity index is 836. The second-order valence-electron chi connectivity index (χ2n) is 12.7. The Labute approximate surface area is 194 Å². The average Bonchev–Trinajstić information content (AvgIpc) is 3.03. The smallest absolute Gasteiger partial charge is 0.390 e. The van der Waals surface area contributed by atoms with E-state index in [2.05, 4.69) is 13.8 Å². The van der Waals surface area contributed by atoms with Gasteiger partial charge in [-0.2, -0.15) is 13.2 Å². The van der Waals surface area contributed by atoms with Crippen LogP contribution in [0.3, 0.4) is 0 Å². The zero-order valence-electron chi connectivity index (χ0n) is 22.4. The first-order valence-electron chi connectivity index (χ1n) is 13.6.